The van der Waals surface area contributed by atoms with Crippen molar-refractivity contribution >= 4 is 0 Å². The second-order valence-electron chi connectivity index (χ2n) is 5.84. The van der Waals surface area contributed by atoms with Crippen molar-refractivity contribution in [1.82, 2.24) is 4.90 Å². The van der Waals surface area contributed by atoms with Crippen molar-refractivity contribution in [2.24, 2.45) is 0 Å². The van der Waals surface area contributed by atoms with E-state index in [0.717, 1.165) is 0 Å². The van der Waals surface area contributed by atoms with Gasteiger partial charge >= 0.3 is 18.0 Å². The molecule has 1 aliphatic rings. The lowest BCUT2D eigenvalue weighted by Gasteiger charge is -2.41. The first kappa shape index (κ1) is 21.7. The summed E-state index contributed by atoms with van der Waals surface area (Å²) in [7, 11) is 0. The highest BCUT2D eigenvalue weighted by atomic mass is 19.4. The summed E-state index contributed by atoms with van der Waals surface area (Å²) in [4.78, 5) is 1.29. The summed E-state index contributed by atoms with van der Waals surface area (Å²) in [6, 6.07) is -0.987. The molecule has 9 heteroatoms. The zero-order valence-corrected chi connectivity index (χ0v) is 13.3. The van der Waals surface area contributed by atoms with E-state index >= 15 is 0 Å². The average molecular weight is 375 g/mol. The van der Waals surface area contributed by atoms with Gasteiger partial charge in [0.15, 0.2) is 0 Å². The summed E-state index contributed by atoms with van der Waals surface area (Å²) in [5, 5.41) is 9.55. The van der Waals surface area contributed by atoms with E-state index in [2.05, 4.69) is 13.2 Å². The second-order valence-corrected chi connectivity index (χ2v) is 5.84. The van der Waals surface area contributed by atoms with Gasteiger partial charge in [0.05, 0.1) is 0 Å². The van der Waals surface area contributed by atoms with E-state index in [4.69, 9.17) is 0 Å². The third-order valence-corrected chi connectivity index (χ3v) is 4.09. The summed E-state index contributed by atoms with van der Waals surface area (Å²) in [6.07, 6.45) is -2.42. The fourth-order valence-electron chi connectivity index (χ4n) is 2.72. The van der Waals surface area contributed by atoms with E-state index in [9.17, 15) is 35.8 Å². The van der Waals surface area contributed by atoms with E-state index < -0.39 is 42.8 Å². The van der Waals surface area contributed by atoms with Crippen LogP contribution in [0.5, 0.6) is 0 Å². The van der Waals surface area contributed by atoms with Crippen molar-refractivity contribution in [1.29, 1.82) is 0 Å². The number of hydrogen-bond donors (Lipinski definition) is 1. The predicted octanol–water partition coefficient (Wildman–Crippen LogP) is 4.33. The molecule has 1 rings (SSSR count). The number of rotatable bonds is 8. The SMILES string of the molecule is C=CC[C@H]1CC=C[C@H](CC=C)N1C[C@@H](O)C(F)(F)C(F)(F)C(F)(F)F. The van der Waals surface area contributed by atoms with Crippen LogP contribution in [0, 0.1) is 0 Å². The largest absolute Gasteiger partial charge is 0.459 e. The highest BCUT2D eigenvalue weighted by Crippen LogP contribution is 2.48. The molecule has 0 bridgehead atoms. The van der Waals surface area contributed by atoms with Gasteiger partial charge in [0, 0.05) is 18.6 Å². The van der Waals surface area contributed by atoms with Crippen molar-refractivity contribution in [3.05, 3.63) is 37.5 Å². The van der Waals surface area contributed by atoms with Gasteiger partial charge in [-0.3, -0.25) is 4.90 Å². The van der Waals surface area contributed by atoms with Gasteiger partial charge in [-0.15, -0.1) is 13.2 Å². The lowest BCUT2D eigenvalue weighted by molar-refractivity contribution is -0.371. The molecule has 0 saturated carbocycles. The van der Waals surface area contributed by atoms with E-state index in [1.165, 1.54) is 17.1 Å². The molecule has 0 aliphatic carbocycles. The van der Waals surface area contributed by atoms with Crippen LogP contribution in [0.25, 0.3) is 0 Å². The fraction of sp³-hybridized carbons (Fsp3) is 0.625. The molecule has 0 amide bonds. The minimum absolute atomic E-state index is 0.262. The molecule has 0 fully saturated rings. The van der Waals surface area contributed by atoms with E-state index in [1.54, 1.807) is 12.2 Å². The number of aliphatic hydroxyl groups excluding tert-OH is 1. The Morgan fingerprint density at radius 3 is 2.12 bits per heavy atom. The van der Waals surface area contributed by atoms with Crippen LogP contribution in [0.2, 0.25) is 0 Å². The molecule has 1 N–H and O–H groups in total. The van der Waals surface area contributed by atoms with Crippen molar-refractivity contribution in [2.75, 3.05) is 6.54 Å². The molecule has 0 saturated heterocycles. The molecular weight excluding hydrogens is 355 g/mol. The normalized spacial score (nSPS) is 24.2. The highest BCUT2D eigenvalue weighted by Gasteiger charge is 2.75. The first-order chi connectivity index (χ1) is 11.4. The molecular formula is C16H20F7NO. The van der Waals surface area contributed by atoms with Crippen LogP contribution in [0.15, 0.2) is 37.5 Å². The molecule has 0 spiro atoms. The number of alkyl halides is 7. The van der Waals surface area contributed by atoms with Gasteiger partial charge in [0.2, 0.25) is 0 Å². The van der Waals surface area contributed by atoms with Gasteiger partial charge in [0.1, 0.15) is 6.10 Å². The quantitative estimate of drug-likeness (QED) is 0.504. The number of hydrogen-bond acceptors (Lipinski definition) is 2. The standard InChI is InChI=1S/C16H20F7NO/c1-3-6-11-8-5-9-12(7-4-2)24(11)10-13(25)14(17,18)15(19,20)16(21,22)23/h3-5,8,11-13,25H,1-2,6-7,9-10H2/t11-,12-,13+/m0/s1. The zero-order valence-electron chi connectivity index (χ0n) is 13.3. The number of β-amino-alcohol motifs (C(OH)–C–C–N with tert-alkyl or cyclic N) is 1. The first-order valence-electron chi connectivity index (χ1n) is 7.54. The minimum Gasteiger partial charge on any atom is -0.385 e. The van der Waals surface area contributed by atoms with Gasteiger partial charge in [-0.2, -0.15) is 30.7 Å². The van der Waals surface area contributed by atoms with Crippen molar-refractivity contribution in [2.45, 2.75) is 55.5 Å². The van der Waals surface area contributed by atoms with Gasteiger partial charge in [0.25, 0.3) is 0 Å². The molecule has 2 nitrogen and oxygen atoms in total. The van der Waals surface area contributed by atoms with Gasteiger partial charge in [-0.1, -0.05) is 24.3 Å². The number of aliphatic hydroxyl groups is 1. The molecule has 144 valence electrons. The Hall–Kier alpha value is -1.35. The van der Waals surface area contributed by atoms with E-state index in [0.29, 0.717) is 12.8 Å². The zero-order chi connectivity index (χ0) is 19.5. The Bertz CT molecular complexity index is 501. The van der Waals surface area contributed by atoms with E-state index in [1.807, 2.05) is 0 Å². The average Bonchev–Trinajstić information content (AvgIpc) is 2.49. The maximum absolute atomic E-state index is 13.7. The molecule has 1 heterocycles. The molecule has 0 unspecified atom stereocenters. The van der Waals surface area contributed by atoms with Gasteiger partial charge in [-0.05, 0) is 19.3 Å². The van der Waals surface area contributed by atoms with Crippen LogP contribution < -0.4 is 0 Å². The monoisotopic (exact) mass is 375 g/mol. The van der Waals surface area contributed by atoms with Crippen LogP contribution in [-0.4, -0.2) is 52.8 Å². The molecule has 0 aromatic carbocycles. The maximum Gasteiger partial charge on any atom is 0.459 e. The van der Waals surface area contributed by atoms with Crippen LogP contribution in [-0.2, 0) is 0 Å². The topological polar surface area (TPSA) is 23.5 Å². The summed E-state index contributed by atoms with van der Waals surface area (Å²) < 4.78 is 90.4. The molecule has 0 aromatic heterocycles. The van der Waals surface area contributed by atoms with E-state index in [-0.39, 0.29) is 6.42 Å². The minimum atomic E-state index is -6.47. The molecule has 0 radical (unpaired) electrons. The summed E-state index contributed by atoms with van der Waals surface area (Å²) in [5.74, 6) is -12.0. The van der Waals surface area contributed by atoms with Crippen molar-refractivity contribution < 1.29 is 35.8 Å². The Balaban J connectivity index is 3.07. The number of nitrogens with zero attached hydrogens (tertiary/aromatic N) is 1. The highest BCUT2D eigenvalue weighted by molar-refractivity contribution is 5.08. The summed E-state index contributed by atoms with van der Waals surface area (Å²) in [6.45, 7) is 5.97. The van der Waals surface area contributed by atoms with Crippen molar-refractivity contribution in [3.8, 4) is 0 Å². The van der Waals surface area contributed by atoms with Crippen LogP contribution in [0.4, 0.5) is 30.7 Å². The smallest absolute Gasteiger partial charge is 0.385 e. The summed E-state index contributed by atoms with van der Waals surface area (Å²) >= 11 is 0. The van der Waals surface area contributed by atoms with Gasteiger partial charge < -0.3 is 5.11 Å². The van der Waals surface area contributed by atoms with Crippen LogP contribution >= 0.6 is 0 Å². The van der Waals surface area contributed by atoms with Gasteiger partial charge in [-0.25, -0.2) is 0 Å². The third-order valence-electron chi connectivity index (χ3n) is 4.09. The molecule has 0 aromatic rings. The molecule has 1 aliphatic heterocycles. The molecule has 25 heavy (non-hydrogen) atoms. The lowest BCUT2D eigenvalue weighted by Crippen LogP contribution is -2.61. The third kappa shape index (κ3) is 4.44. The Morgan fingerprint density at radius 2 is 1.64 bits per heavy atom. The summed E-state index contributed by atoms with van der Waals surface area (Å²) in [5.41, 5.74) is 0. The fourth-order valence-corrected chi connectivity index (χ4v) is 2.72. The Kier molecular flexibility index (Phi) is 6.86. The Labute approximate surface area is 141 Å². The Morgan fingerprint density at radius 1 is 1.08 bits per heavy atom. The van der Waals surface area contributed by atoms with Crippen LogP contribution in [0.1, 0.15) is 19.3 Å². The maximum atomic E-state index is 13.7. The van der Waals surface area contributed by atoms with Crippen LogP contribution in [0.3, 0.4) is 0 Å². The second kappa shape index (κ2) is 7.90. The molecule has 3 atom stereocenters. The predicted molar refractivity (Wildman–Crippen MR) is 79.6 cm³/mol. The lowest BCUT2D eigenvalue weighted by atomic mass is 9.95. The first-order valence-corrected chi connectivity index (χ1v) is 7.54. The number of halogens is 7. The van der Waals surface area contributed by atoms with Crippen molar-refractivity contribution in [3.63, 3.8) is 0 Å².